The normalized spacial score (nSPS) is 14.0. The summed E-state index contributed by atoms with van der Waals surface area (Å²) in [5.74, 6) is 0. The van der Waals surface area contributed by atoms with E-state index in [1.54, 1.807) is 0 Å². The van der Waals surface area contributed by atoms with Gasteiger partial charge in [0.1, 0.15) is 0 Å². The van der Waals surface area contributed by atoms with Crippen LogP contribution in [0, 0.1) is 0 Å². The maximum absolute atomic E-state index is 5.99. The van der Waals surface area contributed by atoms with Crippen molar-refractivity contribution in [3.8, 4) is 0 Å². The Labute approximate surface area is 163 Å². The average molecular weight is 377 g/mol. The van der Waals surface area contributed by atoms with Gasteiger partial charge in [-0.15, -0.1) is 0 Å². The number of benzene rings is 2. The number of pyridine rings is 2. The summed E-state index contributed by atoms with van der Waals surface area (Å²) >= 11 is 5.99. The largest absolute Gasteiger partial charge is 0.368 e. The summed E-state index contributed by atoms with van der Waals surface area (Å²) in [7, 11) is 0. The number of nitrogens with one attached hydrogen (secondary N) is 1. The number of hydrogen-bond donors (Lipinski definition) is 1. The summed E-state index contributed by atoms with van der Waals surface area (Å²) in [4.78, 5) is 10.9. The molecule has 5 heteroatoms. The Kier molecular flexibility index (Phi) is 5.47. The van der Waals surface area contributed by atoms with E-state index in [0.29, 0.717) is 0 Å². The van der Waals surface area contributed by atoms with Crippen LogP contribution in [0.15, 0.2) is 73.1 Å². The molecule has 0 unspecified atom stereocenters. The van der Waals surface area contributed by atoms with E-state index in [4.69, 9.17) is 11.6 Å². The molecule has 136 valence electrons. The Bertz CT molecular complexity index is 979. The number of halogens is 1. The first-order valence-electron chi connectivity index (χ1n) is 9.11. The minimum atomic E-state index is 0.738. The Morgan fingerprint density at radius 1 is 0.815 bits per heavy atom. The molecule has 1 aliphatic heterocycles. The fourth-order valence-electron chi connectivity index (χ4n) is 3.30. The first kappa shape index (κ1) is 17.7. The summed E-state index contributed by atoms with van der Waals surface area (Å²) < 4.78 is 0. The molecular weight excluding hydrogens is 356 g/mol. The Morgan fingerprint density at radius 2 is 1.59 bits per heavy atom. The second-order valence-corrected chi connectivity index (χ2v) is 6.86. The molecule has 0 saturated carbocycles. The summed E-state index contributed by atoms with van der Waals surface area (Å²) in [6.45, 7) is 4.16. The zero-order chi connectivity index (χ0) is 18.5. The fourth-order valence-corrected chi connectivity index (χ4v) is 3.47. The molecular formula is C22H21ClN4. The quantitative estimate of drug-likeness (QED) is 0.529. The van der Waals surface area contributed by atoms with Gasteiger partial charge in [0, 0.05) is 60.1 Å². The maximum Gasteiger partial charge on any atom is 0.0737 e. The van der Waals surface area contributed by atoms with Crippen LogP contribution in [-0.2, 0) is 0 Å². The number of piperazine rings is 1. The van der Waals surface area contributed by atoms with Crippen LogP contribution in [0.4, 0.5) is 5.69 Å². The minimum absolute atomic E-state index is 0.738. The van der Waals surface area contributed by atoms with Crippen molar-refractivity contribution >= 4 is 39.1 Å². The number of para-hydroxylation sites is 1. The van der Waals surface area contributed by atoms with Gasteiger partial charge in [-0.25, -0.2) is 0 Å². The van der Waals surface area contributed by atoms with Crippen LogP contribution in [-0.4, -0.2) is 36.1 Å². The van der Waals surface area contributed by atoms with Gasteiger partial charge < -0.3 is 10.2 Å². The molecule has 27 heavy (non-hydrogen) atoms. The van der Waals surface area contributed by atoms with Crippen LogP contribution in [0.3, 0.4) is 0 Å². The van der Waals surface area contributed by atoms with Crippen molar-refractivity contribution in [3.05, 3.63) is 78.1 Å². The van der Waals surface area contributed by atoms with Crippen molar-refractivity contribution < 1.29 is 0 Å². The summed E-state index contributed by atoms with van der Waals surface area (Å²) in [5.41, 5.74) is 3.28. The lowest BCUT2D eigenvalue weighted by molar-refractivity contribution is 0.590. The first-order chi connectivity index (χ1) is 13.3. The summed E-state index contributed by atoms with van der Waals surface area (Å²) in [6, 6.07) is 20.1. The molecule has 0 aliphatic carbocycles. The molecule has 3 heterocycles. The highest BCUT2D eigenvalue weighted by Gasteiger charge is 2.13. The highest BCUT2D eigenvalue weighted by Crippen LogP contribution is 2.27. The molecule has 0 bridgehead atoms. The molecule has 0 spiro atoms. The zero-order valence-electron chi connectivity index (χ0n) is 15.0. The average Bonchev–Trinajstić information content (AvgIpc) is 2.74. The molecule has 1 N–H and O–H groups in total. The monoisotopic (exact) mass is 376 g/mol. The number of nitrogens with zero attached hydrogens (tertiary/aromatic N) is 3. The van der Waals surface area contributed by atoms with Crippen molar-refractivity contribution in [3.63, 3.8) is 0 Å². The minimum Gasteiger partial charge on any atom is -0.368 e. The molecule has 0 amide bonds. The molecule has 2 aromatic carbocycles. The molecule has 1 aliphatic rings. The summed E-state index contributed by atoms with van der Waals surface area (Å²) in [6.07, 6.45) is 3.67. The second-order valence-electron chi connectivity index (χ2n) is 6.42. The van der Waals surface area contributed by atoms with E-state index in [2.05, 4.69) is 44.5 Å². The summed E-state index contributed by atoms with van der Waals surface area (Å²) in [5, 5.41) is 6.48. The third-order valence-corrected chi connectivity index (χ3v) is 4.89. The number of aromatic nitrogens is 2. The van der Waals surface area contributed by atoms with Crippen LogP contribution in [0.5, 0.6) is 0 Å². The van der Waals surface area contributed by atoms with Crippen molar-refractivity contribution in [1.82, 2.24) is 15.3 Å². The van der Waals surface area contributed by atoms with Crippen LogP contribution in [0.25, 0.3) is 21.8 Å². The van der Waals surface area contributed by atoms with E-state index in [0.717, 1.165) is 42.2 Å². The molecule has 4 aromatic rings. The van der Waals surface area contributed by atoms with E-state index in [9.17, 15) is 0 Å². The van der Waals surface area contributed by atoms with Crippen LogP contribution in [0.1, 0.15) is 0 Å². The van der Waals surface area contributed by atoms with Crippen molar-refractivity contribution in [1.29, 1.82) is 0 Å². The van der Waals surface area contributed by atoms with E-state index >= 15 is 0 Å². The highest BCUT2D eigenvalue weighted by atomic mass is 35.5. The lowest BCUT2D eigenvalue weighted by atomic mass is 10.1. The van der Waals surface area contributed by atoms with Crippen LogP contribution >= 0.6 is 11.6 Å². The predicted molar refractivity (Wildman–Crippen MR) is 114 cm³/mol. The Morgan fingerprint density at radius 3 is 2.44 bits per heavy atom. The molecule has 1 fully saturated rings. The number of rotatable bonds is 1. The van der Waals surface area contributed by atoms with Gasteiger partial charge in [-0.2, -0.15) is 0 Å². The van der Waals surface area contributed by atoms with E-state index < -0.39 is 0 Å². The van der Waals surface area contributed by atoms with E-state index in [1.807, 2.05) is 48.8 Å². The molecule has 1 saturated heterocycles. The van der Waals surface area contributed by atoms with Crippen molar-refractivity contribution in [2.45, 2.75) is 0 Å². The highest BCUT2D eigenvalue weighted by molar-refractivity contribution is 6.31. The zero-order valence-corrected chi connectivity index (χ0v) is 15.7. The van der Waals surface area contributed by atoms with Gasteiger partial charge in [0.05, 0.1) is 11.0 Å². The van der Waals surface area contributed by atoms with Gasteiger partial charge in [0.25, 0.3) is 0 Å². The van der Waals surface area contributed by atoms with Crippen molar-refractivity contribution in [2.24, 2.45) is 0 Å². The van der Waals surface area contributed by atoms with Gasteiger partial charge in [-0.3, -0.25) is 9.97 Å². The van der Waals surface area contributed by atoms with Crippen molar-refractivity contribution in [2.75, 3.05) is 31.1 Å². The third-order valence-electron chi connectivity index (χ3n) is 4.65. The lowest BCUT2D eigenvalue weighted by Gasteiger charge is -2.30. The van der Waals surface area contributed by atoms with E-state index in [1.165, 1.54) is 16.5 Å². The topological polar surface area (TPSA) is 41.0 Å². The molecule has 0 atom stereocenters. The van der Waals surface area contributed by atoms with Crippen LogP contribution < -0.4 is 10.2 Å². The number of anilines is 1. The Balaban J connectivity index is 0.000000153. The van der Waals surface area contributed by atoms with Gasteiger partial charge in [-0.1, -0.05) is 35.9 Å². The molecule has 0 radical (unpaired) electrons. The molecule has 2 aromatic heterocycles. The second kappa shape index (κ2) is 8.33. The molecule has 4 nitrogen and oxygen atoms in total. The van der Waals surface area contributed by atoms with Gasteiger partial charge in [-0.05, 0) is 36.4 Å². The predicted octanol–water partition coefficient (Wildman–Crippen LogP) is 4.53. The third kappa shape index (κ3) is 4.18. The van der Waals surface area contributed by atoms with Gasteiger partial charge >= 0.3 is 0 Å². The van der Waals surface area contributed by atoms with E-state index in [-0.39, 0.29) is 0 Å². The number of hydrogen-bond acceptors (Lipinski definition) is 4. The lowest BCUT2D eigenvalue weighted by Crippen LogP contribution is -2.43. The maximum atomic E-state index is 5.99. The SMILES string of the molecule is Clc1ccc2c(N3CCNCC3)ccnc2c1.c1ccc2ncccc2c1. The Hall–Kier alpha value is -2.69. The standard InChI is InChI=1S/C13H14ClN3.C9H7N/c14-10-1-2-11-12(9-10)16-4-3-13(11)17-7-5-15-6-8-17;1-2-6-9-8(4-1)5-3-7-10-9/h1-4,9,15H,5-8H2;1-7H. The van der Waals surface area contributed by atoms with Gasteiger partial charge in [0.2, 0.25) is 0 Å². The molecule has 5 rings (SSSR count). The van der Waals surface area contributed by atoms with Crippen LogP contribution in [0.2, 0.25) is 5.02 Å². The number of fused-ring (bicyclic) bond motifs is 2. The van der Waals surface area contributed by atoms with Gasteiger partial charge in [0.15, 0.2) is 0 Å². The fraction of sp³-hybridized carbons (Fsp3) is 0.182. The first-order valence-corrected chi connectivity index (χ1v) is 9.49. The smallest absolute Gasteiger partial charge is 0.0737 e.